The highest BCUT2D eigenvalue weighted by atomic mass is 35.5. The van der Waals surface area contributed by atoms with Gasteiger partial charge >= 0.3 is 0 Å². The van der Waals surface area contributed by atoms with Crippen molar-refractivity contribution in [2.24, 2.45) is 0 Å². The van der Waals surface area contributed by atoms with Crippen molar-refractivity contribution in [2.75, 3.05) is 18.4 Å². The number of nitrogens with one attached hydrogen (secondary N) is 1. The molecule has 2 heterocycles. The highest BCUT2D eigenvalue weighted by Crippen LogP contribution is 2.28. The smallest absolute Gasteiger partial charge is 0.280 e. The van der Waals surface area contributed by atoms with Gasteiger partial charge in [0, 0.05) is 19.2 Å². The third kappa shape index (κ3) is 3.44. The lowest BCUT2D eigenvalue weighted by Gasteiger charge is -2.12. The molecule has 1 saturated heterocycles. The molecule has 0 spiro atoms. The van der Waals surface area contributed by atoms with Gasteiger partial charge in [-0.3, -0.25) is 0 Å². The topological polar surface area (TPSA) is 74.2 Å². The first-order valence-electron chi connectivity index (χ1n) is 6.63. The molecule has 0 aliphatic carbocycles. The summed E-state index contributed by atoms with van der Waals surface area (Å²) in [4.78, 5) is 12.6. The second-order valence-corrected chi connectivity index (χ2v) is 6.42. The summed E-state index contributed by atoms with van der Waals surface area (Å²) in [6.45, 7) is 1.84. The van der Waals surface area contributed by atoms with Crippen LogP contribution in [0.1, 0.15) is 12.8 Å². The monoisotopic (exact) mass is 324 g/mol. The molecule has 0 saturated carbocycles. The fraction of sp³-hybridized carbons (Fsp3) is 0.308. The first kappa shape index (κ1) is 14.5. The molecule has 1 unspecified atom stereocenters. The Bertz CT molecular complexity index is 623. The van der Waals surface area contributed by atoms with Gasteiger partial charge in [0.05, 0.1) is 0 Å². The summed E-state index contributed by atoms with van der Waals surface area (Å²) < 4.78 is 12.7. The quantitative estimate of drug-likeness (QED) is 0.842. The molecule has 1 aliphatic rings. The molecule has 0 amide bonds. The van der Waals surface area contributed by atoms with Crippen LogP contribution in [-0.4, -0.2) is 36.9 Å². The zero-order valence-electron chi connectivity index (χ0n) is 11.2. The summed E-state index contributed by atoms with van der Waals surface area (Å²) in [5, 5.41) is 3.22. The summed E-state index contributed by atoms with van der Waals surface area (Å²) in [5.74, 6) is 0.362. The molecule has 1 fully saturated rings. The molecule has 1 aliphatic heterocycles. The van der Waals surface area contributed by atoms with Gasteiger partial charge in [-0.15, -0.1) is 0 Å². The van der Waals surface area contributed by atoms with E-state index < -0.39 is 11.4 Å². The molecule has 110 valence electrons. The predicted molar refractivity (Wildman–Crippen MR) is 83.6 cm³/mol. The number of aromatic nitrogens is 3. The maximum absolute atomic E-state index is 10.6. The third-order valence-corrected chi connectivity index (χ3v) is 4.97. The number of hydrogen-bond donors (Lipinski definition) is 2. The Morgan fingerprint density at radius 1 is 1.19 bits per heavy atom. The van der Waals surface area contributed by atoms with Crippen LogP contribution in [0.3, 0.4) is 0 Å². The molecule has 3 rings (SSSR count). The van der Waals surface area contributed by atoms with E-state index in [-0.39, 0.29) is 5.28 Å². The number of nitrogens with zero attached hydrogens (tertiary/aromatic N) is 4. The Kier molecular flexibility index (Phi) is 4.54. The Hall–Kier alpha value is -1.41. The second-order valence-electron chi connectivity index (χ2n) is 4.60. The summed E-state index contributed by atoms with van der Waals surface area (Å²) in [5.41, 5.74) is 0.775. The highest BCUT2D eigenvalue weighted by Gasteiger charge is 2.35. The van der Waals surface area contributed by atoms with E-state index in [1.807, 2.05) is 24.3 Å². The van der Waals surface area contributed by atoms with Crippen molar-refractivity contribution in [1.29, 1.82) is 0 Å². The SMILES string of the molecule is O[S+](c1ccccc1Nc1ncnc(Cl)n1)N1CCCC1. The lowest BCUT2D eigenvalue weighted by Crippen LogP contribution is -2.28. The van der Waals surface area contributed by atoms with Crippen molar-refractivity contribution in [3.63, 3.8) is 0 Å². The molecule has 0 bridgehead atoms. The van der Waals surface area contributed by atoms with Crippen LogP contribution in [0.15, 0.2) is 35.5 Å². The maximum atomic E-state index is 10.6. The van der Waals surface area contributed by atoms with Crippen molar-refractivity contribution >= 4 is 34.6 Å². The average Bonchev–Trinajstić information content (AvgIpc) is 3.01. The van der Waals surface area contributed by atoms with E-state index in [1.54, 1.807) is 0 Å². The molecular formula is C13H15ClN5OS+. The number of hydrogen-bond acceptors (Lipinski definition) is 6. The van der Waals surface area contributed by atoms with Gasteiger partial charge in [0.25, 0.3) is 11.4 Å². The molecule has 0 radical (unpaired) electrons. The van der Waals surface area contributed by atoms with Crippen molar-refractivity contribution < 1.29 is 4.55 Å². The van der Waals surface area contributed by atoms with Gasteiger partial charge in [0.2, 0.25) is 16.1 Å². The molecule has 6 nitrogen and oxygen atoms in total. The van der Waals surface area contributed by atoms with Crippen LogP contribution in [-0.2, 0) is 11.4 Å². The first-order valence-corrected chi connectivity index (χ1v) is 8.15. The Labute approximate surface area is 130 Å². The standard InChI is InChI=1S/C13H15ClN5OS/c14-12-15-9-16-13(18-12)17-10-5-1-2-6-11(10)21(20)19-7-3-4-8-19/h1-2,5-6,9,20H,3-4,7-8H2,(H,15,16,17,18)/q+1. The maximum Gasteiger partial charge on any atom is 0.280 e. The van der Waals surface area contributed by atoms with Gasteiger partial charge < -0.3 is 5.32 Å². The van der Waals surface area contributed by atoms with E-state index >= 15 is 0 Å². The van der Waals surface area contributed by atoms with Gasteiger partial charge in [-0.05, 0) is 30.5 Å². The molecule has 2 N–H and O–H groups in total. The fourth-order valence-electron chi connectivity index (χ4n) is 2.19. The van der Waals surface area contributed by atoms with Crippen molar-refractivity contribution in [1.82, 2.24) is 19.3 Å². The molecule has 8 heteroatoms. The summed E-state index contributed by atoms with van der Waals surface area (Å²) in [7, 11) is 0. The van der Waals surface area contributed by atoms with Crippen molar-refractivity contribution in [3.8, 4) is 0 Å². The molecule has 1 aromatic carbocycles. The summed E-state index contributed by atoms with van der Waals surface area (Å²) in [6, 6.07) is 7.61. The van der Waals surface area contributed by atoms with Crippen molar-refractivity contribution in [3.05, 3.63) is 35.9 Å². The summed E-state index contributed by atoms with van der Waals surface area (Å²) >= 11 is 4.83. The van der Waals surface area contributed by atoms with E-state index in [0.717, 1.165) is 36.5 Å². The van der Waals surface area contributed by atoms with Crippen LogP contribution in [0, 0.1) is 0 Å². The average molecular weight is 325 g/mol. The van der Waals surface area contributed by atoms with Gasteiger partial charge in [0.15, 0.2) is 0 Å². The minimum Gasteiger partial charge on any atom is -0.320 e. The fourth-order valence-corrected chi connectivity index (χ4v) is 3.71. The number of benzene rings is 1. The van der Waals surface area contributed by atoms with E-state index in [0.29, 0.717) is 5.95 Å². The van der Waals surface area contributed by atoms with E-state index in [2.05, 4.69) is 24.6 Å². The minimum atomic E-state index is -0.933. The summed E-state index contributed by atoms with van der Waals surface area (Å²) in [6.07, 6.45) is 3.60. The zero-order valence-corrected chi connectivity index (χ0v) is 12.8. The molecular weight excluding hydrogens is 310 g/mol. The van der Waals surface area contributed by atoms with Gasteiger partial charge in [-0.1, -0.05) is 16.4 Å². The Morgan fingerprint density at radius 2 is 1.95 bits per heavy atom. The van der Waals surface area contributed by atoms with Crippen molar-refractivity contribution in [2.45, 2.75) is 17.7 Å². The van der Waals surface area contributed by atoms with Crippen LogP contribution in [0.25, 0.3) is 0 Å². The number of para-hydroxylation sites is 1. The van der Waals surface area contributed by atoms with E-state index in [9.17, 15) is 4.55 Å². The van der Waals surface area contributed by atoms with E-state index in [4.69, 9.17) is 11.6 Å². The Balaban J connectivity index is 1.85. The van der Waals surface area contributed by atoms with Crippen LogP contribution in [0.2, 0.25) is 5.28 Å². The van der Waals surface area contributed by atoms with Crippen LogP contribution >= 0.6 is 11.6 Å². The second kappa shape index (κ2) is 6.57. The van der Waals surface area contributed by atoms with Gasteiger partial charge in [0.1, 0.15) is 12.0 Å². The Morgan fingerprint density at radius 3 is 2.71 bits per heavy atom. The van der Waals surface area contributed by atoms with Gasteiger partial charge in [-0.2, -0.15) is 9.54 Å². The largest absolute Gasteiger partial charge is 0.320 e. The molecule has 21 heavy (non-hydrogen) atoms. The predicted octanol–water partition coefficient (Wildman–Crippen LogP) is 2.73. The third-order valence-electron chi connectivity index (χ3n) is 3.18. The lowest BCUT2D eigenvalue weighted by molar-refractivity contribution is 0.494. The number of rotatable bonds is 4. The normalized spacial score (nSPS) is 16.9. The van der Waals surface area contributed by atoms with Crippen LogP contribution in [0.5, 0.6) is 0 Å². The molecule has 1 aromatic heterocycles. The van der Waals surface area contributed by atoms with Crippen LogP contribution in [0.4, 0.5) is 11.6 Å². The number of halogens is 1. The first-order chi connectivity index (χ1) is 10.2. The minimum absolute atomic E-state index is 0.132. The lowest BCUT2D eigenvalue weighted by atomic mass is 10.3. The highest BCUT2D eigenvalue weighted by molar-refractivity contribution is 7.89. The number of anilines is 2. The van der Waals surface area contributed by atoms with Crippen LogP contribution < -0.4 is 5.32 Å². The molecule has 2 aromatic rings. The van der Waals surface area contributed by atoms with Gasteiger partial charge in [-0.25, -0.2) is 9.97 Å². The molecule has 1 atom stereocenters. The zero-order chi connectivity index (χ0) is 14.7. The van der Waals surface area contributed by atoms with E-state index in [1.165, 1.54) is 6.33 Å².